The standard InChI is InChI=1S/C15H16ClN3S/c16-13-6-8-14(9-7-13)18-19-15(20)17-11-10-12-4-2-1-3-5-12/h1-9,18H,10-11H2,(H2,17,19,20). The lowest BCUT2D eigenvalue weighted by Gasteiger charge is -2.12. The zero-order valence-electron chi connectivity index (χ0n) is 10.9. The normalized spacial score (nSPS) is 9.85. The van der Waals surface area contributed by atoms with Crippen molar-refractivity contribution in [3.05, 3.63) is 65.2 Å². The first-order valence-corrected chi connectivity index (χ1v) is 7.12. The number of rotatable bonds is 5. The third-order valence-corrected chi connectivity index (χ3v) is 3.21. The number of thiocarbonyl (C=S) groups is 1. The van der Waals surface area contributed by atoms with Crippen LogP contribution < -0.4 is 16.2 Å². The van der Waals surface area contributed by atoms with Gasteiger partial charge in [-0.15, -0.1) is 0 Å². The fourth-order valence-corrected chi connectivity index (χ4v) is 1.95. The Bertz CT molecular complexity index is 543. The van der Waals surface area contributed by atoms with Gasteiger partial charge in [0.15, 0.2) is 5.11 Å². The highest BCUT2D eigenvalue weighted by molar-refractivity contribution is 7.80. The summed E-state index contributed by atoms with van der Waals surface area (Å²) in [5, 5.41) is 4.42. The van der Waals surface area contributed by atoms with E-state index in [1.165, 1.54) is 5.56 Å². The molecule has 5 heteroatoms. The molecule has 0 atom stereocenters. The summed E-state index contributed by atoms with van der Waals surface area (Å²) in [4.78, 5) is 0. The molecule has 0 aromatic heterocycles. The van der Waals surface area contributed by atoms with Gasteiger partial charge in [-0.1, -0.05) is 41.9 Å². The number of hydrazine groups is 1. The third-order valence-electron chi connectivity index (χ3n) is 2.71. The minimum absolute atomic E-state index is 0.566. The van der Waals surface area contributed by atoms with Gasteiger partial charge in [0.1, 0.15) is 0 Å². The van der Waals surface area contributed by atoms with Gasteiger partial charge < -0.3 is 5.32 Å². The second-order valence-corrected chi connectivity index (χ2v) is 5.09. The second-order valence-electron chi connectivity index (χ2n) is 4.25. The molecule has 0 aliphatic heterocycles. The van der Waals surface area contributed by atoms with E-state index in [-0.39, 0.29) is 0 Å². The van der Waals surface area contributed by atoms with E-state index in [4.69, 9.17) is 23.8 Å². The predicted octanol–water partition coefficient (Wildman–Crippen LogP) is 3.37. The first kappa shape index (κ1) is 14.6. The van der Waals surface area contributed by atoms with Crippen molar-refractivity contribution in [1.29, 1.82) is 0 Å². The zero-order chi connectivity index (χ0) is 14.2. The van der Waals surface area contributed by atoms with Crippen LogP contribution in [-0.2, 0) is 6.42 Å². The molecule has 0 aliphatic carbocycles. The van der Waals surface area contributed by atoms with Crippen molar-refractivity contribution in [2.45, 2.75) is 6.42 Å². The molecular formula is C15H16ClN3S. The molecule has 20 heavy (non-hydrogen) atoms. The number of hydrogen-bond donors (Lipinski definition) is 3. The lowest BCUT2D eigenvalue weighted by atomic mass is 10.1. The largest absolute Gasteiger partial charge is 0.361 e. The van der Waals surface area contributed by atoms with E-state index in [9.17, 15) is 0 Å². The molecule has 0 bridgehead atoms. The molecule has 0 amide bonds. The molecule has 2 aromatic rings. The second kappa shape index (κ2) is 7.72. The molecule has 3 nitrogen and oxygen atoms in total. The fourth-order valence-electron chi connectivity index (χ4n) is 1.67. The highest BCUT2D eigenvalue weighted by Crippen LogP contribution is 2.12. The average Bonchev–Trinajstić information content (AvgIpc) is 2.48. The lowest BCUT2D eigenvalue weighted by molar-refractivity contribution is 0.848. The van der Waals surface area contributed by atoms with Crippen LogP contribution in [-0.4, -0.2) is 11.7 Å². The van der Waals surface area contributed by atoms with Crippen molar-refractivity contribution in [3.63, 3.8) is 0 Å². The summed E-state index contributed by atoms with van der Waals surface area (Å²) in [5.41, 5.74) is 8.13. The molecule has 3 N–H and O–H groups in total. The zero-order valence-corrected chi connectivity index (χ0v) is 12.5. The van der Waals surface area contributed by atoms with Gasteiger partial charge in [0.05, 0.1) is 5.69 Å². The van der Waals surface area contributed by atoms with Gasteiger partial charge in [-0.05, 0) is 48.5 Å². The Labute approximate surface area is 129 Å². The van der Waals surface area contributed by atoms with Gasteiger partial charge in [0.25, 0.3) is 0 Å². The average molecular weight is 306 g/mol. The maximum Gasteiger partial charge on any atom is 0.185 e. The fraction of sp³-hybridized carbons (Fsp3) is 0.133. The number of nitrogens with one attached hydrogen (secondary N) is 3. The maximum atomic E-state index is 5.81. The summed E-state index contributed by atoms with van der Waals surface area (Å²) < 4.78 is 0. The highest BCUT2D eigenvalue weighted by atomic mass is 35.5. The summed E-state index contributed by atoms with van der Waals surface area (Å²) in [5.74, 6) is 0. The Morgan fingerprint density at radius 1 is 1.00 bits per heavy atom. The minimum Gasteiger partial charge on any atom is -0.361 e. The van der Waals surface area contributed by atoms with E-state index in [2.05, 4.69) is 28.3 Å². The SMILES string of the molecule is S=C(NCCc1ccccc1)NNc1ccc(Cl)cc1. The van der Waals surface area contributed by atoms with E-state index in [0.717, 1.165) is 18.7 Å². The third kappa shape index (κ3) is 5.07. The van der Waals surface area contributed by atoms with E-state index < -0.39 is 0 Å². The van der Waals surface area contributed by atoms with Crippen molar-refractivity contribution in [1.82, 2.24) is 10.7 Å². The molecule has 0 saturated heterocycles. The molecule has 0 unspecified atom stereocenters. The van der Waals surface area contributed by atoms with Crippen LogP contribution in [0.4, 0.5) is 5.69 Å². The number of halogens is 1. The van der Waals surface area contributed by atoms with Crippen LogP contribution in [0, 0.1) is 0 Å². The van der Waals surface area contributed by atoms with Gasteiger partial charge in [-0.3, -0.25) is 10.9 Å². The topological polar surface area (TPSA) is 36.1 Å². The van der Waals surface area contributed by atoms with Crippen molar-refractivity contribution in [2.75, 3.05) is 12.0 Å². The summed E-state index contributed by atoms with van der Waals surface area (Å²) in [6.07, 6.45) is 0.934. The Morgan fingerprint density at radius 2 is 1.70 bits per heavy atom. The van der Waals surface area contributed by atoms with Gasteiger partial charge in [-0.25, -0.2) is 0 Å². The van der Waals surface area contributed by atoms with Crippen LogP contribution in [0.25, 0.3) is 0 Å². The van der Waals surface area contributed by atoms with E-state index in [0.29, 0.717) is 10.1 Å². The smallest absolute Gasteiger partial charge is 0.185 e. The molecule has 2 aromatic carbocycles. The quantitative estimate of drug-likeness (QED) is 0.585. The van der Waals surface area contributed by atoms with Crippen molar-refractivity contribution in [2.24, 2.45) is 0 Å². The van der Waals surface area contributed by atoms with Gasteiger partial charge in [0.2, 0.25) is 0 Å². The summed E-state index contributed by atoms with van der Waals surface area (Å²) >= 11 is 11.0. The highest BCUT2D eigenvalue weighted by Gasteiger charge is 1.96. The van der Waals surface area contributed by atoms with E-state index in [1.54, 1.807) is 0 Å². The van der Waals surface area contributed by atoms with Crippen LogP contribution in [0.2, 0.25) is 5.02 Å². The first-order valence-electron chi connectivity index (χ1n) is 6.33. The molecule has 0 radical (unpaired) electrons. The molecule has 2 rings (SSSR count). The molecule has 0 fully saturated rings. The Hall–Kier alpha value is -1.78. The summed E-state index contributed by atoms with van der Waals surface area (Å²) in [7, 11) is 0. The van der Waals surface area contributed by atoms with Gasteiger partial charge >= 0.3 is 0 Å². The Kier molecular flexibility index (Phi) is 5.65. The Morgan fingerprint density at radius 3 is 2.40 bits per heavy atom. The van der Waals surface area contributed by atoms with Crippen LogP contribution in [0.3, 0.4) is 0 Å². The van der Waals surface area contributed by atoms with Gasteiger partial charge in [0, 0.05) is 11.6 Å². The van der Waals surface area contributed by atoms with E-state index >= 15 is 0 Å². The van der Waals surface area contributed by atoms with Crippen LogP contribution in [0.15, 0.2) is 54.6 Å². The summed E-state index contributed by atoms with van der Waals surface area (Å²) in [6.45, 7) is 0.790. The molecule has 0 aliphatic rings. The van der Waals surface area contributed by atoms with E-state index in [1.807, 2.05) is 42.5 Å². The van der Waals surface area contributed by atoms with Crippen molar-refractivity contribution >= 4 is 34.6 Å². The summed E-state index contributed by atoms with van der Waals surface area (Å²) in [6, 6.07) is 17.7. The molecule has 0 heterocycles. The number of anilines is 1. The minimum atomic E-state index is 0.566. The van der Waals surface area contributed by atoms with Crippen LogP contribution >= 0.6 is 23.8 Å². The molecule has 0 saturated carbocycles. The molecular weight excluding hydrogens is 290 g/mol. The molecule has 104 valence electrons. The van der Waals surface area contributed by atoms with Crippen LogP contribution in [0.5, 0.6) is 0 Å². The Balaban J connectivity index is 1.67. The monoisotopic (exact) mass is 305 g/mol. The lowest BCUT2D eigenvalue weighted by Crippen LogP contribution is -2.39. The van der Waals surface area contributed by atoms with Gasteiger partial charge in [-0.2, -0.15) is 0 Å². The number of hydrogen-bond acceptors (Lipinski definition) is 2. The first-order chi connectivity index (χ1) is 9.74. The molecule has 0 spiro atoms. The van der Waals surface area contributed by atoms with Crippen molar-refractivity contribution < 1.29 is 0 Å². The predicted molar refractivity (Wildman–Crippen MR) is 89.0 cm³/mol. The number of benzene rings is 2. The van der Waals surface area contributed by atoms with Crippen LogP contribution in [0.1, 0.15) is 5.56 Å². The maximum absolute atomic E-state index is 5.81. The van der Waals surface area contributed by atoms with Crippen molar-refractivity contribution in [3.8, 4) is 0 Å².